The van der Waals surface area contributed by atoms with Crippen molar-refractivity contribution in [1.82, 2.24) is 29.3 Å². The summed E-state index contributed by atoms with van der Waals surface area (Å²) in [4.78, 5) is 35.3. The van der Waals surface area contributed by atoms with Crippen LogP contribution in [0.15, 0.2) is 36.9 Å². The van der Waals surface area contributed by atoms with Gasteiger partial charge in [0.05, 0.1) is 22.0 Å². The normalized spacial score (nSPS) is 19.3. The van der Waals surface area contributed by atoms with Gasteiger partial charge >= 0.3 is 6.18 Å². The van der Waals surface area contributed by atoms with Crippen molar-refractivity contribution < 1.29 is 23.1 Å². The van der Waals surface area contributed by atoms with Crippen LogP contribution in [0.4, 0.5) is 19.0 Å². The number of anilines is 1. The van der Waals surface area contributed by atoms with Gasteiger partial charge in [0.2, 0.25) is 11.8 Å². The molecule has 4 aromatic heterocycles. The fourth-order valence-corrected chi connectivity index (χ4v) is 5.15. The Morgan fingerprint density at radius 3 is 2.70 bits per heavy atom. The van der Waals surface area contributed by atoms with Crippen LogP contribution in [-0.2, 0) is 16.6 Å². The van der Waals surface area contributed by atoms with Crippen LogP contribution in [0, 0.1) is 5.92 Å². The van der Waals surface area contributed by atoms with Gasteiger partial charge in [-0.2, -0.15) is 18.2 Å². The maximum atomic E-state index is 13.4. The van der Waals surface area contributed by atoms with Crippen molar-refractivity contribution >= 4 is 29.0 Å². The highest BCUT2D eigenvalue weighted by Gasteiger charge is 2.61. The van der Waals surface area contributed by atoms with Crippen LogP contribution in [0.25, 0.3) is 17.2 Å². The third kappa shape index (κ3) is 3.95. The van der Waals surface area contributed by atoms with Crippen molar-refractivity contribution in [3.63, 3.8) is 0 Å². The molecule has 6 rings (SSSR count). The van der Waals surface area contributed by atoms with Crippen molar-refractivity contribution in [2.75, 3.05) is 5.32 Å². The SMILES string of the molecule is O=C1Nc2nc(-c3cn4ccnc4c(CCCC(F)(F)F)n3)nc(O)c2C1(c1ccc(Cl)cn1)C1CC1. The van der Waals surface area contributed by atoms with Crippen molar-refractivity contribution in [3.05, 3.63) is 58.9 Å². The van der Waals surface area contributed by atoms with Gasteiger partial charge in [0.25, 0.3) is 0 Å². The van der Waals surface area contributed by atoms with Gasteiger partial charge in [0.15, 0.2) is 11.5 Å². The number of aromatic hydroxyl groups is 1. The summed E-state index contributed by atoms with van der Waals surface area (Å²) < 4.78 is 39.7. The number of carbonyl (C=O) groups is 1. The van der Waals surface area contributed by atoms with E-state index >= 15 is 0 Å². The molecule has 37 heavy (non-hydrogen) atoms. The Hall–Kier alpha value is -3.80. The van der Waals surface area contributed by atoms with Crippen molar-refractivity contribution in [2.45, 2.75) is 43.7 Å². The third-order valence-electron chi connectivity index (χ3n) is 6.74. The standard InChI is InChI=1S/C24H19ClF3N7O2/c25-13-5-6-16(30-10-13)24(12-3-4-12)17-19(34-22(24)37)32-18(33-21(17)36)15-11-35-9-8-29-20(35)14(31-15)2-1-7-23(26,27)28/h5-6,8-12H,1-4,7H2,(H2,32,33,34,36,37). The first-order valence-corrected chi connectivity index (χ1v) is 12.0. The largest absolute Gasteiger partial charge is 0.493 e. The summed E-state index contributed by atoms with van der Waals surface area (Å²) in [7, 11) is 0. The summed E-state index contributed by atoms with van der Waals surface area (Å²) in [6, 6.07) is 3.29. The van der Waals surface area contributed by atoms with E-state index in [0.29, 0.717) is 22.1 Å². The first-order chi connectivity index (χ1) is 17.7. The molecule has 0 spiro atoms. The summed E-state index contributed by atoms with van der Waals surface area (Å²) >= 11 is 6.01. The molecule has 13 heteroatoms. The summed E-state index contributed by atoms with van der Waals surface area (Å²) in [5.74, 6) is -0.703. The maximum Gasteiger partial charge on any atom is 0.389 e. The van der Waals surface area contributed by atoms with Gasteiger partial charge in [0, 0.05) is 31.2 Å². The van der Waals surface area contributed by atoms with Gasteiger partial charge < -0.3 is 14.8 Å². The number of fused-ring (bicyclic) bond motifs is 2. The molecule has 4 aromatic rings. The first kappa shape index (κ1) is 23.6. The van der Waals surface area contributed by atoms with Gasteiger partial charge in [-0.15, -0.1) is 0 Å². The van der Waals surface area contributed by atoms with Crippen LogP contribution in [0.5, 0.6) is 5.88 Å². The number of nitrogens with one attached hydrogen (secondary N) is 1. The minimum atomic E-state index is -4.27. The van der Waals surface area contributed by atoms with Gasteiger partial charge in [-0.1, -0.05) is 11.6 Å². The zero-order valence-electron chi connectivity index (χ0n) is 19.1. The summed E-state index contributed by atoms with van der Waals surface area (Å²) in [6.07, 6.45) is 2.34. The van der Waals surface area contributed by atoms with Crippen LogP contribution < -0.4 is 5.32 Å². The molecule has 1 saturated carbocycles. The topological polar surface area (TPSA) is 118 Å². The molecule has 9 nitrogen and oxygen atoms in total. The molecule has 2 aliphatic rings. The smallest absolute Gasteiger partial charge is 0.389 e. The molecule has 1 unspecified atom stereocenters. The van der Waals surface area contributed by atoms with Crippen LogP contribution >= 0.6 is 11.6 Å². The Labute approximate surface area is 212 Å². The Morgan fingerprint density at radius 2 is 2.00 bits per heavy atom. The van der Waals surface area contributed by atoms with E-state index in [-0.39, 0.29) is 47.6 Å². The second-order valence-corrected chi connectivity index (χ2v) is 9.63. The van der Waals surface area contributed by atoms with Gasteiger partial charge in [0.1, 0.15) is 16.9 Å². The average Bonchev–Trinajstić information content (AvgIpc) is 3.49. The second kappa shape index (κ2) is 8.37. The molecule has 1 aliphatic carbocycles. The molecule has 0 aromatic carbocycles. The Kier molecular flexibility index (Phi) is 5.34. The van der Waals surface area contributed by atoms with E-state index in [1.165, 1.54) is 12.4 Å². The highest BCUT2D eigenvalue weighted by atomic mass is 35.5. The number of aromatic nitrogens is 6. The minimum absolute atomic E-state index is 0.0138. The molecule has 1 amide bonds. The number of aryl methyl sites for hydroxylation is 1. The van der Waals surface area contributed by atoms with Gasteiger partial charge in [-0.05, 0) is 43.7 Å². The Balaban J connectivity index is 1.43. The Morgan fingerprint density at radius 1 is 1.19 bits per heavy atom. The zero-order valence-corrected chi connectivity index (χ0v) is 19.9. The van der Waals surface area contributed by atoms with Crippen molar-refractivity contribution in [3.8, 4) is 17.4 Å². The highest BCUT2D eigenvalue weighted by molar-refractivity contribution is 6.30. The lowest BCUT2D eigenvalue weighted by atomic mass is 9.74. The molecule has 1 atom stereocenters. The predicted octanol–water partition coefficient (Wildman–Crippen LogP) is 4.47. The number of amides is 1. The first-order valence-electron chi connectivity index (χ1n) is 11.6. The number of nitrogens with zero attached hydrogens (tertiary/aromatic N) is 6. The summed E-state index contributed by atoms with van der Waals surface area (Å²) in [6.45, 7) is 0. The number of alkyl halides is 3. The van der Waals surface area contributed by atoms with Crippen molar-refractivity contribution in [2.24, 2.45) is 5.92 Å². The van der Waals surface area contributed by atoms with E-state index in [0.717, 1.165) is 12.8 Å². The van der Waals surface area contributed by atoms with Crippen molar-refractivity contribution in [1.29, 1.82) is 0 Å². The van der Waals surface area contributed by atoms with Gasteiger partial charge in [-0.25, -0.2) is 15.0 Å². The van der Waals surface area contributed by atoms with E-state index in [9.17, 15) is 23.1 Å². The van der Waals surface area contributed by atoms with Gasteiger partial charge in [-0.3, -0.25) is 9.78 Å². The zero-order chi connectivity index (χ0) is 25.9. The van der Waals surface area contributed by atoms with E-state index in [1.807, 2.05) is 0 Å². The molecule has 0 bridgehead atoms. The number of hydrogen-bond donors (Lipinski definition) is 2. The fraction of sp³-hybridized carbons (Fsp3) is 0.333. The number of carbonyl (C=O) groups excluding carboxylic acids is 1. The van der Waals surface area contributed by atoms with E-state index in [1.54, 1.807) is 28.9 Å². The number of imidazole rings is 1. The molecular formula is C24H19ClF3N7O2. The monoisotopic (exact) mass is 529 g/mol. The van der Waals surface area contributed by atoms with Crippen LogP contribution in [0.3, 0.4) is 0 Å². The molecule has 5 heterocycles. The molecule has 190 valence electrons. The highest BCUT2D eigenvalue weighted by Crippen LogP contribution is 2.57. The molecule has 2 N–H and O–H groups in total. The van der Waals surface area contributed by atoms with Crippen LogP contribution in [0.1, 0.15) is 42.6 Å². The molecule has 1 fully saturated rings. The minimum Gasteiger partial charge on any atom is -0.493 e. The molecule has 0 saturated heterocycles. The average molecular weight is 530 g/mol. The van der Waals surface area contributed by atoms with E-state index < -0.39 is 23.9 Å². The predicted molar refractivity (Wildman–Crippen MR) is 126 cm³/mol. The maximum absolute atomic E-state index is 13.4. The number of halogens is 4. The third-order valence-corrected chi connectivity index (χ3v) is 6.97. The van der Waals surface area contributed by atoms with E-state index in [2.05, 4.69) is 30.2 Å². The number of pyridine rings is 1. The summed E-state index contributed by atoms with van der Waals surface area (Å²) in [5, 5.41) is 14.3. The van der Waals surface area contributed by atoms with E-state index in [4.69, 9.17) is 11.6 Å². The lowest BCUT2D eigenvalue weighted by Gasteiger charge is -2.26. The fourth-order valence-electron chi connectivity index (χ4n) is 5.03. The van der Waals surface area contributed by atoms with Crippen LogP contribution in [-0.4, -0.2) is 46.5 Å². The molecule has 1 aliphatic heterocycles. The molecular weight excluding hydrogens is 511 g/mol. The second-order valence-electron chi connectivity index (χ2n) is 9.19. The number of rotatable bonds is 6. The Bertz CT molecular complexity index is 1540. The lowest BCUT2D eigenvalue weighted by Crippen LogP contribution is -2.39. The number of hydrogen-bond acceptors (Lipinski definition) is 7. The summed E-state index contributed by atoms with van der Waals surface area (Å²) in [5.41, 5.74) is 0.407. The lowest BCUT2D eigenvalue weighted by molar-refractivity contribution is -0.135. The van der Waals surface area contributed by atoms with Crippen LogP contribution in [0.2, 0.25) is 5.02 Å². The molecule has 0 radical (unpaired) electrons. The quantitative estimate of drug-likeness (QED) is 0.378.